The third-order valence-corrected chi connectivity index (χ3v) is 5.81. The first-order valence-electron chi connectivity index (χ1n) is 7.53. The molecule has 0 spiro atoms. The van der Waals surface area contributed by atoms with E-state index >= 15 is 0 Å². The minimum atomic E-state index is -3.47. The van der Waals surface area contributed by atoms with Crippen LogP contribution >= 0.6 is 0 Å². The number of allylic oxidation sites excluding steroid dienone is 2. The van der Waals surface area contributed by atoms with Crippen LogP contribution in [-0.2, 0) is 9.84 Å². The molecule has 0 aliphatic carbocycles. The first-order valence-corrected chi connectivity index (χ1v) is 9.02. The summed E-state index contributed by atoms with van der Waals surface area (Å²) >= 11 is 0. The molecule has 0 heterocycles. The Hall–Kier alpha value is -1.87. The highest BCUT2D eigenvalue weighted by Gasteiger charge is 2.25. The van der Waals surface area contributed by atoms with Gasteiger partial charge < -0.3 is 0 Å². The molecule has 0 aliphatic heterocycles. The van der Waals surface area contributed by atoms with E-state index in [0.29, 0.717) is 16.2 Å². The minimum Gasteiger partial charge on any atom is -0.219 e. The Morgan fingerprint density at radius 1 is 1.05 bits per heavy atom. The van der Waals surface area contributed by atoms with Gasteiger partial charge in [-0.15, -0.1) is 0 Å². The highest BCUT2D eigenvalue weighted by atomic mass is 32.2. The van der Waals surface area contributed by atoms with Crippen LogP contribution in [0.4, 0.5) is 0 Å². The molecule has 0 aliphatic rings. The predicted molar refractivity (Wildman–Crippen MR) is 91.6 cm³/mol. The predicted octanol–water partition coefficient (Wildman–Crippen LogP) is 4.87. The van der Waals surface area contributed by atoms with Crippen molar-refractivity contribution >= 4 is 9.84 Å². The number of hydrogen-bond donors (Lipinski definition) is 0. The quantitative estimate of drug-likeness (QED) is 0.789. The van der Waals surface area contributed by atoms with Gasteiger partial charge in [-0.1, -0.05) is 68.0 Å². The van der Waals surface area contributed by atoms with Crippen molar-refractivity contribution in [2.24, 2.45) is 0 Å². The van der Waals surface area contributed by atoms with Crippen molar-refractivity contribution in [3.8, 4) is 0 Å². The molecule has 2 aromatic carbocycles. The molecular formula is C19H22O2S. The maximum atomic E-state index is 13.0. The molecule has 0 radical (unpaired) electrons. The van der Waals surface area contributed by atoms with Crippen molar-refractivity contribution in [1.29, 1.82) is 0 Å². The van der Waals surface area contributed by atoms with Gasteiger partial charge in [-0.25, -0.2) is 8.42 Å². The summed E-state index contributed by atoms with van der Waals surface area (Å²) in [6, 6.07) is 16.8. The van der Waals surface area contributed by atoms with Crippen molar-refractivity contribution < 1.29 is 8.42 Å². The highest BCUT2D eigenvalue weighted by Crippen LogP contribution is 2.32. The second-order valence-electron chi connectivity index (χ2n) is 5.46. The Balaban J connectivity index is 2.48. The van der Waals surface area contributed by atoms with Crippen molar-refractivity contribution in [1.82, 2.24) is 0 Å². The van der Waals surface area contributed by atoms with Gasteiger partial charge in [-0.3, -0.25) is 0 Å². The molecule has 0 saturated heterocycles. The normalized spacial score (nSPS) is 13.9. The summed E-state index contributed by atoms with van der Waals surface area (Å²) in [7, 11) is -3.47. The fourth-order valence-corrected chi connectivity index (χ4v) is 4.23. The summed E-state index contributed by atoms with van der Waals surface area (Å²) in [4.78, 5) is 0.839. The average molecular weight is 314 g/mol. The summed E-state index contributed by atoms with van der Waals surface area (Å²) in [5.41, 5.74) is 2.06. The zero-order valence-electron chi connectivity index (χ0n) is 13.3. The number of rotatable bonds is 5. The number of sulfone groups is 1. The van der Waals surface area contributed by atoms with Crippen LogP contribution < -0.4 is 0 Å². The number of benzene rings is 2. The van der Waals surface area contributed by atoms with Crippen molar-refractivity contribution in [2.75, 3.05) is 0 Å². The van der Waals surface area contributed by atoms with Gasteiger partial charge in [0.1, 0.15) is 0 Å². The molecule has 0 bridgehead atoms. The van der Waals surface area contributed by atoms with Gasteiger partial charge in [0.2, 0.25) is 9.84 Å². The minimum absolute atomic E-state index is 0.160. The van der Waals surface area contributed by atoms with E-state index < -0.39 is 9.84 Å². The molecule has 22 heavy (non-hydrogen) atoms. The lowest BCUT2D eigenvalue weighted by molar-refractivity contribution is 0.598. The zero-order valence-corrected chi connectivity index (χ0v) is 14.1. The molecule has 2 rings (SSSR count). The lowest BCUT2D eigenvalue weighted by Gasteiger charge is -2.17. The van der Waals surface area contributed by atoms with E-state index in [9.17, 15) is 8.42 Å². The van der Waals surface area contributed by atoms with Gasteiger partial charge in [0, 0.05) is 5.92 Å². The van der Waals surface area contributed by atoms with Crippen molar-refractivity contribution in [3.05, 3.63) is 76.7 Å². The van der Waals surface area contributed by atoms with Gasteiger partial charge in [0.25, 0.3) is 0 Å². The average Bonchev–Trinajstić information content (AvgIpc) is 2.53. The van der Waals surface area contributed by atoms with E-state index in [1.54, 1.807) is 12.1 Å². The van der Waals surface area contributed by atoms with Crippen LogP contribution in [0.5, 0.6) is 0 Å². The molecule has 2 nitrogen and oxygen atoms in total. The van der Waals surface area contributed by atoms with Crippen LogP contribution in [0.3, 0.4) is 0 Å². The van der Waals surface area contributed by atoms with Gasteiger partial charge >= 0.3 is 0 Å². The van der Waals surface area contributed by atoms with Crippen LogP contribution in [0.1, 0.15) is 37.3 Å². The fourth-order valence-electron chi connectivity index (χ4n) is 2.48. The molecule has 0 aromatic heterocycles. The highest BCUT2D eigenvalue weighted by molar-refractivity contribution is 7.95. The Kier molecular flexibility index (Phi) is 5.19. The van der Waals surface area contributed by atoms with Gasteiger partial charge in [0.15, 0.2) is 0 Å². The van der Waals surface area contributed by atoms with E-state index in [1.807, 2.05) is 69.3 Å². The molecule has 2 aromatic rings. The van der Waals surface area contributed by atoms with Crippen LogP contribution in [0.25, 0.3) is 0 Å². The summed E-state index contributed by atoms with van der Waals surface area (Å²) in [5.74, 6) is -0.160. The number of aryl methyl sites for hydroxylation is 1. The first-order chi connectivity index (χ1) is 10.5. The maximum Gasteiger partial charge on any atom is 0.203 e. The molecule has 0 saturated carbocycles. The molecular weight excluding hydrogens is 292 g/mol. The van der Waals surface area contributed by atoms with Crippen LogP contribution in [-0.4, -0.2) is 8.42 Å². The Bertz CT molecular complexity index is 742. The summed E-state index contributed by atoms with van der Waals surface area (Å²) in [6.07, 6.45) is 2.52. The van der Waals surface area contributed by atoms with E-state index in [-0.39, 0.29) is 5.92 Å². The van der Waals surface area contributed by atoms with E-state index in [1.165, 1.54) is 0 Å². The second-order valence-corrected chi connectivity index (χ2v) is 7.41. The first kappa shape index (κ1) is 16.5. The van der Waals surface area contributed by atoms with Gasteiger partial charge in [0.05, 0.1) is 9.80 Å². The Morgan fingerprint density at radius 2 is 1.64 bits per heavy atom. The van der Waals surface area contributed by atoms with E-state index in [0.717, 1.165) is 11.1 Å². The Morgan fingerprint density at radius 3 is 2.18 bits per heavy atom. The van der Waals surface area contributed by atoms with Crippen LogP contribution in [0, 0.1) is 6.92 Å². The SMILES string of the molecule is CC/C=C(/[C@H](C)c1ccccc1)S(=O)(=O)c1ccc(C)cc1. The summed E-state index contributed by atoms with van der Waals surface area (Å²) in [5, 5.41) is 0. The van der Waals surface area contributed by atoms with Gasteiger partial charge in [-0.2, -0.15) is 0 Å². The third-order valence-electron chi connectivity index (χ3n) is 3.77. The molecule has 1 atom stereocenters. The number of hydrogen-bond acceptors (Lipinski definition) is 2. The van der Waals surface area contributed by atoms with Crippen molar-refractivity contribution in [2.45, 2.75) is 38.0 Å². The summed E-state index contributed by atoms with van der Waals surface area (Å²) in [6.45, 7) is 5.86. The van der Waals surface area contributed by atoms with Crippen LogP contribution in [0.15, 0.2) is 70.5 Å². The fraction of sp³-hybridized carbons (Fsp3) is 0.263. The van der Waals surface area contributed by atoms with Crippen molar-refractivity contribution in [3.63, 3.8) is 0 Å². The van der Waals surface area contributed by atoms with E-state index in [2.05, 4.69) is 0 Å². The standard InChI is InChI=1S/C19H22O2S/c1-4-8-19(16(3)17-9-6-5-7-10-17)22(20,21)18-13-11-15(2)12-14-18/h5-14,16H,4H2,1-3H3/b19-8-/t16-/m1/s1. The molecule has 3 heteroatoms. The smallest absolute Gasteiger partial charge is 0.203 e. The third kappa shape index (κ3) is 3.47. The Labute approximate surface area is 133 Å². The van der Waals surface area contributed by atoms with E-state index in [4.69, 9.17) is 0 Å². The largest absolute Gasteiger partial charge is 0.219 e. The van der Waals surface area contributed by atoms with Gasteiger partial charge in [-0.05, 0) is 31.0 Å². The molecule has 0 fully saturated rings. The molecule has 0 N–H and O–H groups in total. The maximum absolute atomic E-state index is 13.0. The topological polar surface area (TPSA) is 34.1 Å². The molecule has 116 valence electrons. The zero-order chi connectivity index (χ0) is 16.2. The second kappa shape index (κ2) is 6.93. The lowest BCUT2D eigenvalue weighted by atomic mass is 10.0. The lowest BCUT2D eigenvalue weighted by Crippen LogP contribution is -2.11. The van der Waals surface area contributed by atoms with Crippen LogP contribution in [0.2, 0.25) is 0 Å². The molecule has 0 amide bonds. The summed E-state index contributed by atoms with van der Waals surface area (Å²) < 4.78 is 26.0. The monoisotopic (exact) mass is 314 g/mol. The molecule has 0 unspecified atom stereocenters.